The lowest BCUT2D eigenvalue weighted by Gasteiger charge is -2.39. The highest BCUT2D eigenvalue weighted by Gasteiger charge is 2.49. The number of piperidine rings is 1. The van der Waals surface area contributed by atoms with Crippen LogP contribution < -0.4 is 14.7 Å². The maximum absolute atomic E-state index is 14.0. The number of anilines is 3. The number of aromatic nitrogens is 1. The first kappa shape index (κ1) is 32.7. The minimum Gasteiger partial charge on any atom is -0.391 e. The molecule has 0 aliphatic carbocycles. The first-order valence-corrected chi connectivity index (χ1v) is 15.4. The molecule has 9 nitrogen and oxygen atoms in total. The van der Waals surface area contributed by atoms with Crippen molar-refractivity contribution in [2.45, 2.75) is 51.2 Å². The molecule has 3 amide bonds. The Morgan fingerprint density at radius 3 is 2.56 bits per heavy atom. The monoisotopic (exact) mass is 647 g/mol. The van der Waals surface area contributed by atoms with Crippen LogP contribution in [-0.4, -0.2) is 78.6 Å². The Kier molecular flexibility index (Phi) is 9.46. The number of fused-ring (bicyclic) bond motifs is 2. The molecule has 2 atom stereocenters. The van der Waals surface area contributed by atoms with Gasteiger partial charge in [0.2, 0.25) is 11.8 Å². The molecule has 0 bridgehead atoms. The molecule has 0 saturated carbocycles. The summed E-state index contributed by atoms with van der Waals surface area (Å²) in [5.41, 5.74) is 0.575. The van der Waals surface area contributed by atoms with Gasteiger partial charge in [-0.3, -0.25) is 19.3 Å². The van der Waals surface area contributed by atoms with Gasteiger partial charge in [0.15, 0.2) is 0 Å². The fourth-order valence-corrected chi connectivity index (χ4v) is 7.04. The van der Waals surface area contributed by atoms with E-state index >= 15 is 0 Å². The predicted octanol–water partition coefficient (Wildman–Crippen LogP) is 4.83. The summed E-state index contributed by atoms with van der Waals surface area (Å²) in [5, 5.41) is 9.69. The van der Waals surface area contributed by atoms with Gasteiger partial charge in [-0.15, -0.1) is 0 Å². The van der Waals surface area contributed by atoms with Crippen LogP contribution in [0.1, 0.15) is 43.4 Å². The molecule has 3 aliphatic rings. The lowest BCUT2D eigenvalue weighted by atomic mass is 9.91. The lowest BCUT2D eigenvalue weighted by molar-refractivity contribution is -0.137. The number of halogens is 4. The van der Waals surface area contributed by atoms with Gasteiger partial charge in [0.1, 0.15) is 11.9 Å². The molecule has 2 aromatic rings. The third kappa shape index (κ3) is 6.67. The first-order valence-electron chi connectivity index (χ1n) is 15.1. The molecule has 242 valence electrons. The molecule has 45 heavy (non-hydrogen) atoms. The maximum atomic E-state index is 14.0. The Morgan fingerprint density at radius 1 is 1.18 bits per heavy atom. The molecular formula is C32H37ClF3N5O4. The highest BCUT2D eigenvalue weighted by atomic mass is 35.5. The zero-order valence-corrected chi connectivity index (χ0v) is 26.1. The van der Waals surface area contributed by atoms with Crippen LogP contribution >= 0.6 is 11.6 Å². The number of alkyl halides is 3. The van der Waals surface area contributed by atoms with E-state index in [0.717, 1.165) is 42.7 Å². The maximum Gasteiger partial charge on any atom is 0.416 e. The average molecular weight is 648 g/mol. The molecule has 1 aromatic carbocycles. The molecule has 1 N–H and O–H groups in total. The van der Waals surface area contributed by atoms with E-state index in [0.29, 0.717) is 48.5 Å². The number of amides is 3. The fourth-order valence-electron chi connectivity index (χ4n) is 6.75. The first-order chi connectivity index (χ1) is 21.3. The number of aliphatic hydroxyl groups excluding tert-OH is 1. The van der Waals surface area contributed by atoms with Crippen LogP contribution in [0, 0.1) is 18.8 Å². The molecule has 13 heteroatoms. The number of carbonyl (C=O) groups is 3. The third-order valence-corrected chi connectivity index (χ3v) is 9.37. The largest absolute Gasteiger partial charge is 0.416 e. The van der Waals surface area contributed by atoms with E-state index in [1.807, 2.05) is 0 Å². The van der Waals surface area contributed by atoms with Crippen molar-refractivity contribution < 1.29 is 32.7 Å². The molecule has 2 saturated heterocycles. The highest BCUT2D eigenvalue weighted by molar-refractivity contribution is 6.34. The number of hydrogen-bond donors (Lipinski definition) is 1. The van der Waals surface area contributed by atoms with Crippen LogP contribution in [0.5, 0.6) is 0 Å². The Morgan fingerprint density at radius 2 is 1.89 bits per heavy atom. The van der Waals surface area contributed by atoms with E-state index in [1.165, 1.54) is 11.8 Å². The van der Waals surface area contributed by atoms with Crippen LogP contribution in [-0.2, 0) is 20.6 Å². The van der Waals surface area contributed by atoms with Gasteiger partial charge in [-0.25, -0.2) is 4.98 Å². The minimum atomic E-state index is -4.64. The number of rotatable bonds is 7. The summed E-state index contributed by atoms with van der Waals surface area (Å²) in [6.07, 6.45) is -1.33. The van der Waals surface area contributed by atoms with Crippen LogP contribution in [0.4, 0.5) is 30.4 Å². The second-order valence-corrected chi connectivity index (χ2v) is 12.5. The number of nitrogens with zero attached hydrogens (tertiary/aromatic N) is 5. The van der Waals surface area contributed by atoms with Crippen molar-refractivity contribution in [2.75, 3.05) is 54.5 Å². The van der Waals surface area contributed by atoms with Gasteiger partial charge in [0.25, 0.3) is 5.91 Å². The van der Waals surface area contributed by atoms with Crippen LogP contribution in [0.2, 0.25) is 5.02 Å². The van der Waals surface area contributed by atoms with Crippen molar-refractivity contribution in [2.24, 2.45) is 11.8 Å². The lowest BCUT2D eigenvalue weighted by Crippen LogP contribution is -2.52. The van der Waals surface area contributed by atoms with Crippen molar-refractivity contribution in [3.63, 3.8) is 0 Å². The van der Waals surface area contributed by atoms with E-state index in [1.54, 1.807) is 30.1 Å². The molecule has 1 aromatic heterocycles. The van der Waals surface area contributed by atoms with Crippen molar-refractivity contribution in [3.05, 3.63) is 58.8 Å². The summed E-state index contributed by atoms with van der Waals surface area (Å²) in [4.78, 5) is 50.4. The molecule has 0 spiro atoms. The molecule has 0 unspecified atom stereocenters. The minimum absolute atomic E-state index is 0.0247. The Hall–Kier alpha value is -3.64. The highest BCUT2D eigenvalue weighted by Crippen LogP contribution is 2.43. The van der Waals surface area contributed by atoms with Gasteiger partial charge in [-0.1, -0.05) is 24.2 Å². The molecule has 4 heterocycles. The normalized spacial score (nSPS) is 21.0. The van der Waals surface area contributed by atoms with E-state index in [4.69, 9.17) is 11.6 Å². The fraction of sp³-hybridized carbons (Fsp3) is 0.500. The van der Waals surface area contributed by atoms with Crippen molar-refractivity contribution in [3.8, 4) is 0 Å². The predicted molar refractivity (Wildman–Crippen MR) is 165 cm³/mol. The molecule has 5 rings (SSSR count). The summed E-state index contributed by atoms with van der Waals surface area (Å²) < 4.78 is 41.0. The number of likely N-dealkylation sites (N-methyl/N-ethyl adjacent to an activating group) is 1. The molecule has 0 radical (unpaired) electrons. The number of benzene rings is 1. The second kappa shape index (κ2) is 13.0. The van der Waals surface area contributed by atoms with Gasteiger partial charge in [-0.05, 0) is 62.8 Å². The number of pyridine rings is 1. The number of para-hydroxylation sites is 1. The number of aliphatic hydroxyl groups is 1. The van der Waals surface area contributed by atoms with Crippen molar-refractivity contribution in [1.82, 2.24) is 9.88 Å². The molecule has 2 fully saturated rings. The van der Waals surface area contributed by atoms with Crippen LogP contribution in [0.3, 0.4) is 0 Å². The van der Waals surface area contributed by atoms with Gasteiger partial charge in [0, 0.05) is 56.8 Å². The second-order valence-electron chi connectivity index (χ2n) is 12.1. The number of aryl methyl sites for hydroxylation is 1. The molecular weight excluding hydrogens is 611 g/mol. The number of likely N-dealkylation sites (tertiary alicyclic amines) is 1. The van der Waals surface area contributed by atoms with E-state index < -0.39 is 35.5 Å². The van der Waals surface area contributed by atoms with Gasteiger partial charge >= 0.3 is 6.18 Å². The summed E-state index contributed by atoms with van der Waals surface area (Å²) in [6, 6.07) is 5.97. The van der Waals surface area contributed by atoms with Crippen LogP contribution in [0.15, 0.2) is 42.5 Å². The number of hydrogen-bond acceptors (Lipinski definition) is 6. The van der Waals surface area contributed by atoms with Gasteiger partial charge in [-0.2, -0.15) is 13.2 Å². The summed E-state index contributed by atoms with van der Waals surface area (Å²) in [6.45, 7) is 6.77. The zero-order chi connectivity index (χ0) is 32.6. The van der Waals surface area contributed by atoms with E-state index in [2.05, 4.69) is 16.5 Å². The quantitative estimate of drug-likeness (QED) is 0.433. The Labute approximate surface area is 265 Å². The summed E-state index contributed by atoms with van der Waals surface area (Å²) >= 11 is 6.72. The number of carbonyl (C=O) groups excluding carboxylic acids is 3. The smallest absolute Gasteiger partial charge is 0.391 e. The standard InChI is InChI=1S/C32H37ClF3N5O4/c1-19(18-42)30(44)39-12-9-21(10-13-39)6-5-11-40-17-22-15-27(43)41(26-16-23(32(34,35)36)14-20(2)37-26)28(22)31(45)38(3)25-8-4-7-24(33)29(25)40/h4,7-8,14,16,21-22,28,42H,1,5-6,9-13,15,17-18H2,2-3H3/t22-,28+/m1/s1. The van der Waals surface area contributed by atoms with Gasteiger partial charge in [0.05, 0.1) is 28.6 Å². The van der Waals surface area contributed by atoms with Crippen LogP contribution in [0.25, 0.3) is 0 Å². The van der Waals surface area contributed by atoms with Crippen molar-refractivity contribution >= 4 is 46.5 Å². The zero-order valence-electron chi connectivity index (χ0n) is 25.3. The average Bonchev–Trinajstić information content (AvgIpc) is 3.33. The Balaban J connectivity index is 1.38. The van der Waals surface area contributed by atoms with E-state index in [-0.39, 0.29) is 36.0 Å². The SMILES string of the molecule is C=C(CO)C(=O)N1CCC(CCCN2C[C@H]3CC(=O)N(c4cc(C(F)(F)F)cc(C)n4)[C@@H]3C(=O)N(C)c3cccc(Cl)c32)CC1. The topological polar surface area (TPSA) is 97.3 Å². The Bertz CT molecular complexity index is 1490. The summed E-state index contributed by atoms with van der Waals surface area (Å²) in [7, 11) is 1.59. The van der Waals surface area contributed by atoms with Gasteiger partial charge < -0.3 is 19.8 Å². The molecule has 3 aliphatic heterocycles. The van der Waals surface area contributed by atoms with Crippen molar-refractivity contribution in [1.29, 1.82) is 0 Å². The van der Waals surface area contributed by atoms with E-state index in [9.17, 15) is 32.7 Å². The summed E-state index contributed by atoms with van der Waals surface area (Å²) in [5.74, 6) is -1.40. The third-order valence-electron chi connectivity index (χ3n) is 9.06.